The Morgan fingerprint density at radius 3 is 2.43 bits per heavy atom. The van der Waals surface area contributed by atoms with Gasteiger partial charge < -0.3 is 5.32 Å². The normalized spacial score (nSPS) is 10.3. The zero-order chi connectivity index (χ0) is 16.2. The number of thiazole rings is 1. The Hall–Kier alpha value is -2.44. The first-order chi connectivity index (χ1) is 11.1. The lowest BCUT2D eigenvalue weighted by atomic mass is 10.2. The van der Waals surface area contributed by atoms with Gasteiger partial charge in [0.2, 0.25) is 0 Å². The maximum Gasteiger partial charge on any atom is 0.325 e. The summed E-state index contributed by atoms with van der Waals surface area (Å²) in [4.78, 5) is 16.2. The molecule has 0 bridgehead atoms. The Bertz CT molecular complexity index is 818. The van der Waals surface area contributed by atoms with Gasteiger partial charge in [0.1, 0.15) is 5.82 Å². The summed E-state index contributed by atoms with van der Waals surface area (Å²) in [5.41, 5.74) is 2.09. The number of urea groups is 1. The number of rotatable bonds is 3. The van der Waals surface area contributed by atoms with Crippen molar-refractivity contribution in [3.8, 4) is 11.3 Å². The zero-order valence-corrected chi connectivity index (χ0v) is 13.3. The molecule has 0 saturated carbocycles. The number of nitrogens with zero attached hydrogens (tertiary/aromatic N) is 1. The first-order valence-corrected chi connectivity index (χ1v) is 7.91. The molecule has 116 valence electrons. The van der Waals surface area contributed by atoms with E-state index in [-0.39, 0.29) is 5.82 Å². The van der Waals surface area contributed by atoms with Crippen molar-refractivity contribution < 1.29 is 9.18 Å². The van der Waals surface area contributed by atoms with Crippen molar-refractivity contribution in [3.05, 3.63) is 64.8 Å². The highest BCUT2D eigenvalue weighted by atomic mass is 35.5. The Balaban J connectivity index is 1.65. The third-order valence-corrected chi connectivity index (χ3v) is 3.98. The molecule has 4 nitrogen and oxygen atoms in total. The molecule has 0 fully saturated rings. The smallest absolute Gasteiger partial charge is 0.308 e. The van der Waals surface area contributed by atoms with Gasteiger partial charge in [-0.05, 0) is 48.5 Å². The standard InChI is InChI=1S/C16H11ClFN3OS/c17-11-3-7-13(8-4-11)19-15(22)21-16-20-14(9-23-16)10-1-5-12(18)6-2-10/h1-9H,(H2,19,20,21,22). The van der Waals surface area contributed by atoms with Crippen LogP contribution in [-0.2, 0) is 0 Å². The Morgan fingerprint density at radius 1 is 1.04 bits per heavy atom. The van der Waals surface area contributed by atoms with Gasteiger partial charge in [-0.3, -0.25) is 5.32 Å². The van der Waals surface area contributed by atoms with Crippen LogP contribution in [0.25, 0.3) is 11.3 Å². The van der Waals surface area contributed by atoms with Gasteiger partial charge in [-0.15, -0.1) is 11.3 Å². The van der Waals surface area contributed by atoms with Gasteiger partial charge in [-0.25, -0.2) is 14.2 Å². The van der Waals surface area contributed by atoms with Gasteiger partial charge in [0.05, 0.1) is 5.69 Å². The molecule has 0 spiro atoms. The number of aromatic nitrogens is 1. The molecule has 0 unspecified atom stereocenters. The number of carbonyl (C=O) groups is 1. The fourth-order valence-corrected chi connectivity index (χ4v) is 2.72. The summed E-state index contributed by atoms with van der Waals surface area (Å²) in [6, 6.07) is 12.4. The fraction of sp³-hybridized carbons (Fsp3) is 0. The minimum atomic E-state index is -0.396. The van der Waals surface area contributed by atoms with Crippen molar-refractivity contribution in [1.29, 1.82) is 0 Å². The van der Waals surface area contributed by atoms with Crippen LogP contribution in [0, 0.1) is 5.82 Å². The van der Waals surface area contributed by atoms with Crippen molar-refractivity contribution in [2.45, 2.75) is 0 Å². The summed E-state index contributed by atoms with van der Waals surface area (Å²) in [7, 11) is 0. The molecular weight excluding hydrogens is 337 g/mol. The Morgan fingerprint density at radius 2 is 1.74 bits per heavy atom. The first-order valence-electron chi connectivity index (χ1n) is 6.65. The van der Waals surface area contributed by atoms with Gasteiger partial charge >= 0.3 is 6.03 Å². The first kappa shape index (κ1) is 15.5. The van der Waals surface area contributed by atoms with Crippen molar-refractivity contribution in [1.82, 2.24) is 4.98 Å². The topological polar surface area (TPSA) is 54.0 Å². The van der Waals surface area contributed by atoms with Crippen molar-refractivity contribution >= 4 is 39.8 Å². The molecule has 2 aromatic carbocycles. The molecule has 1 heterocycles. The zero-order valence-electron chi connectivity index (χ0n) is 11.7. The molecule has 0 radical (unpaired) electrons. The number of halogens is 2. The monoisotopic (exact) mass is 347 g/mol. The van der Waals surface area contributed by atoms with Crippen LogP contribution in [0.15, 0.2) is 53.9 Å². The Kier molecular flexibility index (Phi) is 4.55. The van der Waals surface area contributed by atoms with Gasteiger partial charge in [0.15, 0.2) is 5.13 Å². The quantitative estimate of drug-likeness (QED) is 0.680. The molecule has 0 aliphatic carbocycles. The van der Waals surface area contributed by atoms with Gasteiger partial charge in [0, 0.05) is 21.7 Å². The van der Waals surface area contributed by atoms with E-state index in [4.69, 9.17) is 11.6 Å². The second-order valence-electron chi connectivity index (χ2n) is 4.63. The van der Waals surface area contributed by atoms with E-state index in [0.717, 1.165) is 5.56 Å². The molecule has 2 amide bonds. The number of hydrogen-bond acceptors (Lipinski definition) is 3. The molecule has 1 aromatic heterocycles. The predicted octanol–water partition coefficient (Wildman–Crippen LogP) is 5.25. The van der Waals surface area contributed by atoms with Crippen LogP contribution in [0.5, 0.6) is 0 Å². The third-order valence-electron chi connectivity index (χ3n) is 2.97. The van der Waals surface area contributed by atoms with Gasteiger partial charge in [0.25, 0.3) is 0 Å². The number of amides is 2. The molecule has 23 heavy (non-hydrogen) atoms. The van der Waals surface area contributed by atoms with E-state index in [1.165, 1.54) is 23.5 Å². The summed E-state index contributed by atoms with van der Waals surface area (Å²) in [5, 5.41) is 8.19. The van der Waals surface area contributed by atoms with Crippen molar-refractivity contribution in [3.63, 3.8) is 0 Å². The van der Waals surface area contributed by atoms with Gasteiger partial charge in [-0.1, -0.05) is 11.6 Å². The maximum atomic E-state index is 12.9. The van der Waals surface area contributed by atoms with Crippen molar-refractivity contribution in [2.24, 2.45) is 0 Å². The van der Waals surface area contributed by atoms with Crippen LogP contribution in [-0.4, -0.2) is 11.0 Å². The highest BCUT2D eigenvalue weighted by Gasteiger charge is 2.08. The van der Waals surface area contributed by atoms with E-state index in [9.17, 15) is 9.18 Å². The van der Waals surface area contributed by atoms with Crippen LogP contribution < -0.4 is 10.6 Å². The molecular formula is C16H11ClFN3OS. The average Bonchev–Trinajstić information content (AvgIpc) is 2.98. The fourth-order valence-electron chi connectivity index (χ4n) is 1.88. The van der Waals surface area contributed by atoms with Crippen LogP contribution in [0.4, 0.5) is 20.0 Å². The van der Waals surface area contributed by atoms with E-state index in [0.29, 0.717) is 21.5 Å². The highest BCUT2D eigenvalue weighted by Crippen LogP contribution is 2.25. The van der Waals surface area contributed by atoms with Crippen LogP contribution >= 0.6 is 22.9 Å². The highest BCUT2D eigenvalue weighted by molar-refractivity contribution is 7.14. The number of hydrogen-bond donors (Lipinski definition) is 2. The van der Waals surface area contributed by atoms with E-state index in [1.807, 2.05) is 0 Å². The molecule has 0 atom stereocenters. The molecule has 3 aromatic rings. The summed E-state index contributed by atoms with van der Waals surface area (Å²) in [6.45, 7) is 0. The number of nitrogens with one attached hydrogen (secondary N) is 2. The second-order valence-corrected chi connectivity index (χ2v) is 5.93. The lowest BCUT2D eigenvalue weighted by Crippen LogP contribution is -2.19. The molecule has 2 N–H and O–H groups in total. The molecule has 0 saturated heterocycles. The maximum absolute atomic E-state index is 12.9. The lowest BCUT2D eigenvalue weighted by Gasteiger charge is -2.05. The van der Waals surface area contributed by atoms with E-state index < -0.39 is 6.03 Å². The largest absolute Gasteiger partial charge is 0.325 e. The Labute approximate surface area is 141 Å². The lowest BCUT2D eigenvalue weighted by molar-refractivity contribution is 0.262. The molecule has 3 rings (SSSR count). The van der Waals surface area contributed by atoms with Crippen LogP contribution in [0.1, 0.15) is 0 Å². The van der Waals surface area contributed by atoms with E-state index in [2.05, 4.69) is 15.6 Å². The van der Waals surface area contributed by atoms with Crippen molar-refractivity contribution in [2.75, 3.05) is 10.6 Å². The van der Waals surface area contributed by atoms with Crippen LogP contribution in [0.3, 0.4) is 0 Å². The summed E-state index contributed by atoms with van der Waals surface area (Å²) < 4.78 is 12.9. The number of benzene rings is 2. The number of carbonyl (C=O) groups excluding carboxylic acids is 1. The van der Waals surface area contributed by atoms with E-state index >= 15 is 0 Å². The van der Waals surface area contributed by atoms with Gasteiger partial charge in [-0.2, -0.15) is 0 Å². The molecule has 0 aliphatic rings. The molecule has 0 aliphatic heterocycles. The minimum absolute atomic E-state index is 0.301. The molecule has 7 heteroatoms. The van der Waals surface area contributed by atoms with E-state index in [1.54, 1.807) is 41.8 Å². The third kappa shape index (κ3) is 4.06. The van der Waals surface area contributed by atoms with Crippen LogP contribution in [0.2, 0.25) is 5.02 Å². The predicted molar refractivity (Wildman–Crippen MR) is 91.6 cm³/mol. The average molecular weight is 348 g/mol. The minimum Gasteiger partial charge on any atom is -0.308 e. The summed E-state index contributed by atoms with van der Waals surface area (Å²) in [5.74, 6) is -0.301. The summed E-state index contributed by atoms with van der Waals surface area (Å²) in [6.07, 6.45) is 0. The number of anilines is 2. The summed E-state index contributed by atoms with van der Waals surface area (Å²) >= 11 is 7.08. The second kappa shape index (κ2) is 6.76. The SMILES string of the molecule is O=C(Nc1ccc(Cl)cc1)Nc1nc(-c2ccc(F)cc2)cs1.